The maximum absolute atomic E-state index is 12.6. The van der Waals surface area contributed by atoms with E-state index in [0.29, 0.717) is 48.5 Å². The predicted octanol–water partition coefficient (Wildman–Crippen LogP) is 3.11. The highest BCUT2D eigenvalue weighted by molar-refractivity contribution is 5.90. The number of carbonyl (C=O) groups excluding carboxylic acids is 2. The van der Waals surface area contributed by atoms with E-state index in [2.05, 4.69) is 15.3 Å². The molecule has 1 aliphatic rings. The summed E-state index contributed by atoms with van der Waals surface area (Å²) in [5.41, 5.74) is 0.664. The second-order valence-corrected chi connectivity index (χ2v) is 7.56. The Balaban J connectivity index is 1.39. The van der Waals surface area contributed by atoms with Crippen molar-refractivity contribution in [2.75, 3.05) is 29.9 Å². The number of ether oxygens (including phenoxy) is 2. The molecule has 10 heteroatoms. The number of nitrogens with one attached hydrogen (secondary N) is 1. The summed E-state index contributed by atoms with van der Waals surface area (Å²) in [6.45, 7) is 3.22. The molecule has 3 heterocycles. The van der Waals surface area contributed by atoms with Gasteiger partial charge in [-0.25, -0.2) is 19.6 Å². The number of esters is 1. The van der Waals surface area contributed by atoms with E-state index in [1.54, 1.807) is 37.5 Å². The molecular weight excluding hydrogens is 428 g/mol. The minimum absolute atomic E-state index is 0.0480. The van der Waals surface area contributed by atoms with Crippen LogP contribution in [0.25, 0.3) is 11.0 Å². The summed E-state index contributed by atoms with van der Waals surface area (Å²) in [6.07, 6.45) is 4.06. The summed E-state index contributed by atoms with van der Waals surface area (Å²) in [5.74, 6) is 0.131. The first-order valence-electron chi connectivity index (χ1n) is 10.7. The number of anilines is 2. The van der Waals surface area contributed by atoms with Crippen molar-refractivity contribution < 1.29 is 23.5 Å². The average Bonchev–Trinajstić information content (AvgIpc) is 2.83. The second-order valence-electron chi connectivity index (χ2n) is 7.56. The van der Waals surface area contributed by atoms with Crippen molar-refractivity contribution in [3.63, 3.8) is 0 Å². The van der Waals surface area contributed by atoms with E-state index in [4.69, 9.17) is 13.9 Å². The summed E-state index contributed by atoms with van der Waals surface area (Å²) in [7, 11) is 0. The first kappa shape index (κ1) is 22.3. The molecule has 10 nitrogen and oxygen atoms in total. The lowest BCUT2D eigenvalue weighted by molar-refractivity contribution is -0.150. The Morgan fingerprint density at radius 1 is 1.15 bits per heavy atom. The van der Waals surface area contributed by atoms with E-state index in [0.717, 1.165) is 0 Å². The van der Waals surface area contributed by atoms with Gasteiger partial charge in [0, 0.05) is 54.3 Å². The minimum atomic E-state index is -0.603. The Kier molecular flexibility index (Phi) is 6.82. The summed E-state index contributed by atoms with van der Waals surface area (Å²) in [5, 5.41) is 3.18. The second kappa shape index (κ2) is 10.1. The maximum Gasteiger partial charge on any atom is 0.411 e. The van der Waals surface area contributed by atoms with Crippen LogP contribution in [-0.2, 0) is 20.9 Å². The maximum atomic E-state index is 12.6. The van der Waals surface area contributed by atoms with Crippen LogP contribution in [0.15, 0.2) is 51.9 Å². The number of carbonyl (C=O) groups is 2. The lowest BCUT2D eigenvalue weighted by atomic mass is 9.97. The van der Waals surface area contributed by atoms with Gasteiger partial charge >= 0.3 is 17.7 Å². The molecule has 1 amide bonds. The highest BCUT2D eigenvalue weighted by atomic mass is 16.5. The molecule has 0 bridgehead atoms. The van der Waals surface area contributed by atoms with Gasteiger partial charge in [0.05, 0.1) is 12.5 Å². The Labute approximate surface area is 189 Å². The number of piperidine rings is 1. The number of rotatable bonds is 6. The topological polar surface area (TPSA) is 124 Å². The third-order valence-electron chi connectivity index (χ3n) is 5.39. The van der Waals surface area contributed by atoms with Crippen molar-refractivity contribution in [3.05, 3.63) is 58.7 Å². The van der Waals surface area contributed by atoms with E-state index in [1.165, 1.54) is 12.1 Å². The fraction of sp³-hybridized carbons (Fsp3) is 0.348. The van der Waals surface area contributed by atoms with Gasteiger partial charge in [0.1, 0.15) is 12.2 Å². The Hall–Kier alpha value is -3.95. The first-order valence-corrected chi connectivity index (χ1v) is 10.7. The van der Waals surface area contributed by atoms with E-state index in [9.17, 15) is 14.4 Å². The van der Waals surface area contributed by atoms with E-state index < -0.39 is 11.7 Å². The largest absolute Gasteiger partial charge is 0.461 e. The molecular formula is C23H24N4O6. The van der Waals surface area contributed by atoms with Crippen molar-refractivity contribution in [3.8, 4) is 0 Å². The van der Waals surface area contributed by atoms with Crippen LogP contribution in [0, 0.1) is 5.92 Å². The molecule has 3 aromatic rings. The summed E-state index contributed by atoms with van der Waals surface area (Å²) < 4.78 is 15.6. The van der Waals surface area contributed by atoms with Crippen LogP contribution in [0.2, 0.25) is 0 Å². The smallest absolute Gasteiger partial charge is 0.411 e. The van der Waals surface area contributed by atoms with Gasteiger partial charge in [0.15, 0.2) is 0 Å². The molecule has 0 atom stereocenters. The third-order valence-corrected chi connectivity index (χ3v) is 5.39. The highest BCUT2D eigenvalue weighted by Crippen LogP contribution is 2.24. The van der Waals surface area contributed by atoms with Gasteiger partial charge in [0.25, 0.3) is 0 Å². The van der Waals surface area contributed by atoms with Gasteiger partial charge in [0.2, 0.25) is 5.95 Å². The SMILES string of the molecule is CCOC(=O)Nc1ccc2c(COC(=O)C3CCN(c4ncccn4)CC3)cc(=O)oc2c1. The molecule has 1 saturated heterocycles. The Morgan fingerprint density at radius 2 is 1.91 bits per heavy atom. The standard InChI is InChI=1S/C23H24N4O6/c1-2-31-23(30)26-17-4-5-18-16(12-20(28)33-19(18)13-17)14-32-21(29)15-6-10-27(11-7-15)22-24-8-3-9-25-22/h3-5,8-9,12-13,15H,2,6-7,10-11,14H2,1H3,(H,26,30). The Bertz CT molecular complexity index is 1190. The van der Waals surface area contributed by atoms with Crippen LogP contribution >= 0.6 is 0 Å². The number of aromatic nitrogens is 2. The van der Waals surface area contributed by atoms with Gasteiger partial charge in [-0.3, -0.25) is 10.1 Å². The third kappa shape index (κ3) is 5.46. The van der Waals surface area contributed by atoms with Crippen molar-refractivity contribution in [1.29, 1.82) is 0 Å². The number of benzene rings is 1. The van der Waals surface area contributed by atoms with Crippen LogP contribution in [0.4, 0.5) is 16.4 Å². The van der Waals surface area contributed by atoms with E-state index >= 15 is 0 Å². The van der Waals surface area contributed by atoms with Crippen molar-refractivity contribution in [2.24, 2.45) is 5.92 Å². The predicted molar refractivity (Wildman–Crippen MR) is 120 cm³/mol. The van der Waals surface area contributed by atoms with Crippen LogP contribution in [0.3, 0.4) is 0 Å². The quantitative estimate of drug-likeness (QED) is 0.444. The molecule has 33 heavy (non-hydrogen) atoms. The molecule has 1 aliphatic heterocycles. The van der Waals surface area contributed by atoms with Crippen LogP contribution < -0.4 is 15.8 Å². The van der Waals surface area contributed by atoms with Crippen molar-refractivity contribution >= 4 is 34.7 Å². The zero-order chi connectivity index (χ0) is 23.2. The molecule has 4 rings (SSSR count). The lowest BCUT2D eigenvalue weighted by Crippen LogP contribution is -2.37. The van der Waals surface area contributed by atoms with Gasteiger partial charge in [-0.2, -0.15) is 0 Å². The lowest BCUT2D eigenvalue weighted by Gasteiger charge is -2.30. The van der Waals surface area contributed by atoms with E-state index in [-0.39, 0.29) is 30.7 Å². The molecule has 172 valence electrons. The van der Waals surface area contributed by atoms with Crippen LogP contribution in [0.5, 0.6) is 0 Å². The summed E-state index contributed by atoms with van der Waals surface area (Å²) in [6, 6.07) is 7.95. The number of hydrogen-bond donors (Lipinski definition) is 1. The van der Waals surface area contributed by atoms with Gasteiger partial charge < -0.3 is 18.8 Å². The summed E-state index contributed by atoms with van der Waals surface area (Å²) >= 11 is 0. The highest BCUT2D eigenvalue weighted by Gasteiger charge is 2.27. The molecule has 1 N–H and O–H groups in total. The number of amides is 1. The molecule has 0 aliphatic carbocycles. The fourth-order valence-electron chi connectivity index (χ4n) is 3.75. The number of fused-ring (bicyclic) bond motifs is 1. The Morgan fingerprint density at radius 3 is 2.64 bits per heavy atom. The van der Waals surface area contributed by atoms with Crippen molar-refractivity contribution in [2.45, 2.75) is 26.4 Å². The monoisotopic (exact) mass is 452 g/mol. The summed E-state index contributed by atoms with van der Waals surface area (Å²) in [4.78, 5) is 46.8. The normalized spacial score (nSPS) is 14.2. The fourth-order valence-corrected chi connectivity index (χ4v) is 3.75. The van der Waals surface area contributed by atoms with Crippen molar-refractivity contribution in [1.82, 2.24) is 9.97 Å². The van der Waals surface area contributed by atoms with E-state index in [1.807, 2.05) is 4.90 Å². The van der Waals surface area contributed by atoms with Crippen LogP contribution in [0.1, 0.15) is 25.3 Å². The number of nitrogens with zero attached hydrogens (tertiary/aromatic N) is 3. The molecule has 0 spiro atoms. The zero-order valence-corrected chi connectivity index (χ0v) is 18.2. The zero-order valence-electron chi connectivity index (χ0n) is 18.2. The average molecular weight is 452 g/mol. The first-order chi connectivity index (χ1) is 16.0. The minimum Gasteiger partial charge on any atom is -0.461 e. The molecule has 2 aromatic heterocycles. The van der Waals surface area contributed by atoms with Crippen LogP contribution in [-0.4, -0.2) is 41.7 Å². The van der Waals surface area contributed by atoms with Gasteiger partial charge in [-0.1, -0.05) is 0 Å². The van der Waals surface area contributed by atoms with Gasteiger partial charge in [-0.05, 0) is 38.0 Å². The molecule has 1 fully saturated rings. The molecule has 1 aromatic carbocycles. The molecule has 0 radical (unpaired) electrons. The van der Waals surface area contributed by atoms with Gasteiger partial charge in [-0.15, -0.1) is 0 Å². The molecule has 0 unspecified atom stereocenters. The number of hydrogen-bond acceptors (Lipinski definition) is 9. The molecule has 0 saturated carbocycles.